The van der Waals surface area contributed by atoms with E-state index in [0.29, 0.717) is 17.4 Å². The van der Waals surface area contributed by atoms with Gasteiger partial charge in [0, 0.05) is 17.0 Å². The smallest absolute Gasteiger partial charge is 0.150 e. The molecule has 3 heterocycles. The van der Waals surface area contributed by atoms with E-state index in [4.69, 9.17) is 17.3 Å². The van der Waals surface area contributed by atoms with Crippen LogP contribution in [0.15, 0.2) is 18.2 Å². The molecular weight excluding hydrogens is 302 g/mol. The predicted molar refractivity (Wildman–Crippen MR) is 86.5 cm³/mol. The number of nitrogens with one attached hydrogen (secondary N) is 1. The highest BCUT2D eigenvalue weighted by Crippen LogP contribution is 2.28. The van der Waals surface area contributed by atoms with Crippen molar-refractivity contribution in [1.29, 1.82) is 0 Å². The van der Waals surface area contributed by atoms with Crippen LogP contribution in [0, 0.1) is 0 Å². The lowest BCUT2D eigenvalue weighted by Gasteiger charge is -2.17. The zero-order valence-corrected chi connectivity index (χ0v) is 12.6. The summed E-state index contributed by atoms with van der Waals surface area (Å²) in [7, 11) is 0. The van der Waals surface area contributed by atoms with Gasteiger partial charge in [0.05, 0.1) is 12.1 Å². The van der Waals surface area contributed by atoms with Crippen molar-refractivity contribution in [2.45, 2.75) is 25.6 Å². The fraction of sp³-hybridized carbons (Fsp3) is 0.333. The quantitative estimate of drug-likeness (QED) is 0.674. The molecule has 1 unspecified atom stereocenters. The minimum Gasteiger partial charge on any atom is -0.382 e. The average Bonchev–Trinajstić information content (AvgIpc) is 3.07. The third-order valence-electron chi connectivity index (χ3n) is 4.15. The number of fused-ring (bicyclic) bond motifs is 3. The molecular formula is C15H16ClN5O. The lowest BCUT2D eigenvalue weighted by atomic mass is 10.2. The van der Waals surface area contributed by atoms with Crippen LogP contribution >= 0.6 is 11.6 Å². The number of H-pyrrole nitrogens is 1. The number of aliphatic hydroxyl groups excluding tert-OH is 1. The monoisotopic (exact) mass is 317 g/mol. The largest absolute Gasteiger partial charge is 0.382 e. The Labute approximate surface area is 131 Å². The molecule has 0 radical (unpaired) electrons. The molecule has 114 valence electrons. The zero-order chi connectivity index (χ0) is 15.3. The molecule has 3 aromatic rings. The highest BCUT2D eigenvalue weighted by Gasteiger charge is 2.23. The Morgan fingerprint density at radius 2 is 2.27 bits per heavy atom. The first-order valence-electron chi connectivity index (χ1n) is 7.27. The van der Waals surface area contributed by atoms with Crippen LogP contribution in [-0.2, 0) is 6.54 Å². The number of nitrogens with two attached hydrogens (primary N) is 1. The molecule has 7 heteroatoms. The summed E-state index contributed by atoms with van der Waals surface area (Å²) in [5, 5.41) is 11.4. The molecule has 1 atom stereocenters. The van der Waals surface area contributed by atoms with Gasteiger partial charge in [0.15, 0.2) is 0 Å². The molecule has 1 saturated heterocycles. The van der Waals surface area contributed by atoms with Gasteiger partial charge in [-0.15, -0.1) is 0 Å². The number of nitrogen functional groups attached to an aromatic ring is 1. The summed E-state index contributed by atoms with van der Waals surface area (Å²) in [4.78, 5) is 14.3. The zero-order valence-electron chi connectivity index (χ0n) is 11.9. The van der Waals surface area contributed by atoms with Crippen molar-refractivity contribution in [3.8, 4) is 0 Å². The van der Waals surface area contributed by atoms with E-state index in [1.54, 1.807) is 6.07 Å². The molecule has 1 aliphatic heterocycles. The summed E-state index contributed by atoms with van der Waals surface area (Å²) in [5.41, 5.74) is 8.29. The third kappa shape index (κ3) is 2.20. The normalized spacial score (nSPS) is 19.5. The number of likely N-dealkylation sites (tertiary alicyclic amines) is 1. The van der Waals surface area contributed by atoms with Crippen molar-refractivity contribution < 1.29 is 5.11 Å². The van der Waals surface area contributed by atoms with Gasteiger partial charge in [0.2, 0.25) is 0 Å². The summed E-state index contributed by atoms with van der Waals surface area (Å²) in [6.45, 7) is 1.45. The van der Waals surface area contributed by atoms with Gasteiger partial charge in [-0.2, -0.15) is 0 Å². The Balaban J connectivity index is 1.82. The van der Waals surface area contributed by atoms with Crippen LogP contribution in [0.25, 0.3) is 21.9 Å². The van der Waals surface area contributed by atoms with Crippen LogP contribution < -0.4 is 5.73 Å². The topological polar surface area (TPSA) is 91.1 Å². The number of benzene rings is 1. The van der Waals surface area contributed by atoms with E-state index in [2.05, 4.69) is 15.0 Å². The Morgan fingerprint density at radius 1 is 1.41 bits per heavy atom. The molecule has 1 aliphatic rings. The molecule has 6 nitrogen and oxygen atoms in total. The first kappa shape index (κ1) is 13.8. The van der Waals surface area contributed by atoms with Crippen molar-refractivity contribution in [1.82, 2.24) is 19.9 Å². The lowest BCUT2D eigenvalue weighted by Crippen LogP contribution is -2.28. The Kier molecular flexibility index (Phi) is 3.18. The standard InChI is InChI=1S/C15H16ClN5O/c16-8-3-4-9-10(6-8)18-15(17)14-13(9)19-11(20-14)7-21-5-1-2-12(21)22/h3-4,6,12,22H,1-2,5,7H2,(H2,17,18)(H,19,20). The number of rotatable bonds is 2. The Morgan fingerprint density at radius 3 is 3.05 bits per heavy atom. The van der Waals surface area contributed by atoms with Crippen LogP contribution in [0.1, 0.15) is 18.7 Å². The number of halogens is 1. The van der Waals surface area contributed by atoms with Crippen LogP contribution in [0.4, 0.5) is 5.82 Å². The fourth-order valence-electron chi connectivity index (χ4n) is 3.05. The highest BCUT2D eigenvalue weighted by molar-refractivity contribution is 6.31. The molecule has 0 saturated carbocycles. The molecule has 2 aromatic heterocycles. The number of nitrogens with zero attached hydrogens (tertiary/aromatic N) is 3. The van der Waals surface area contributed by atoms with E-state index in [0.717, 1.165) is 47.1 Å². The maximum atomic E-state index is 9.91. The first-order valence-corrected chi connectivity index (χ1v) is 7.65. The Hall–Kier alpha value is -1.89. The SMILES string of the molecule is Nc1nc2cc(Cl)ccc2c2nc(CN3CCCC3O)[nH]c12. The van der Waals surface area contributed by atoms with Crippen molar-refractivity contribution in [3.63, 3.8) is 0 Å². The number of hydrogen-bond acceptors (Lipinski definition) is 5. The molecule has 1 fully saturated rings. The third-order valence-corrected chi connectivity index (χ3v) is 4.38. The van der Waals surface area contributed by atoms with Crippen molar-refractivity contribution in [2.75, 3.05) is 12.3 Å². The van der Waals surface area contributed by atoms with Gasteiger partial charge >= 0.3 is 0 Å². The molecule has 0 aliphatic carbocycles. The molecule has 0 bridgehead atoms. The van der Waals surface area contributed by atoms with E-state index < -0.39 is 0 Å². The van der Waals surface area contributed by atoms with E-state index in [-0.39, 0.29) is 6.23 Å². The van der Waals surface area contributed by atoms with Crippen LogP contribution in [0.3, 0.4) is 0 Å². The van der Waals surface area contributed by atoms with E-state index in [1.165, 1.54) is 0 Å². The number of aromatic nitrogens is 3. The molecule has 0 spiro atoms. The van der Waals surface area contributed by atoms with Crippen LogP contribution in [-0.4, -0.2) is 37.7 Å². The van der Waals surface area contributed by atoms with Crippen molar-refractivity contribution >= 4 is 39.4 Å². The molecule has 1 aromatic carbocycles. The van der Waals surface area contributed by atoms with E-state index >= 15 is 0 Å². The van der Waals surface area contributed by atoms with E-state index in [9.17, 15) is 5.11 Å². The summed E-state index contributed by atoms with van der Waals surface area (Å²) >= 11 is 6.01. The summed E-state index contributed by atoms with van der Waals surface area (Å²) in [5.74, 6) is 1.19. The van der Waals surface area contributed by atoms with Crippen molar-refractivity contribution in [3.05, 3.63) is 29.0 Å². The summed E-state index contributed by atoms with van der Waals surface area (Å²) in [6, 6.07) is 5.51. The maximum absolute atomic E-state index is 9.91. The predicted octanol–water partition coefficient (Wildman–Crippen LogP) is 2.26. The van der Waals surface area contributed by atoms with Gasteiger partial charge < -0.3 is 15.8 Å². The second kappa shape index (κ2) is 5.08. The van der Waals surface area contributed by atoms with Crippen molar-refractivity contribution in [2.24, 2.45) is 0 Å². The minimum absolute atomic E-state index is 0.390. The number of anilines is 1. The van der Waals surface area contributed by atoms with Gasteiger partial charge in [-0.05, 0) is 31.0 Å². The van der Waals surface area contributed by atoms with Gasteiger partial charge in [-0.25, -0.2) is 9.97 Å². The Bertz CT molecular complexity index is 862. The number of imidazole rings is 1. The summed E-state index contributed by atoms with van der Waals surface area (Å²) in [6.07, 6.45) is 1.43. The van der Waals surface area contributed by atoms with Crippen LogP contribution in [0.5, 0.6) is 0 Å². The lowest BCUT2D eigenvalue weighted by molar-refractivity contribution is 0.0314. The van der Waals surface area contributed by atoms with Gasteiger partial charge in [-0.3, -0.25) is 4.90 Å². The molecule has 22 heavy (non-hydrogen) atoms. The number of aromatic amines is 1. The second-order valence-corrected chi connectivity index (χ2v) is 6.10. The van der Waals surface area contributed by atoms with Gasteiger partial charge in [0.1, 0.15) is 28.9 Å². The van der Waals surface area contributed by atoms with Gasteiger partial charge in [0.25, 0.3) is 0 Å². The second-order valence-electron chi connectivity index (χ2n) is 5.66. The minimum atomic E-state index is -0.390. The molecule has 0 amide bonds. The highest BCUT2D eigenvalue weighted by atomic mass is 35.5. The maximum Gasteiger partial charge on any atom is 0.150 e. The molecule has 4 N–H and O–H groups in total. The molecule has 4 rings (SSSR count). The van der Waals surface area contributed by atoms with Crippen LogP contribution in [0.2, 0.25) is 5.02 Å². The number of pyridine rings is 1. The summed E-state index contributed by atoms with van der Waals surface area (Å²) < 4.78 is 0. The average molecular weight is 318 g/mol. The van der Waals surface area contributed by atoms with E-state index in [1.807, 2.05) is 17.0 Å². The fourth-order valence-corrected chi connectivity index (χ4v) is 3.21. The van der Waals surface area contributed by atoms with Gasteiger partial charge in [-0.1, -0.05) is 11.6 Å². The first-order chi connectivity index (χ1) is 10.6. The number of aliphatic hydroxyl groups is 1. The number of hydrogen-bond donors (Lipinski definition) is 3.